The van der Waals surface area contributed by atoms with Gasteiger partial charge in [0, 0.05) is 5.92 Å². The Kier molecular flexibility index (Phi) is 2.31. The first-order valence-corrected chi connectivity index (χ1v) is 4.76. The number of benzene rings is 1. The molecule has 0 radical (unpaired) electrons. The first kappa shape index (κ1) is 8.31. The lowest BCUT2D eigenvalue weighted by molar-refractivity contribution is 1.03. The van der Waals surface area contributed by atoms with Crippen molar-refractivity contribution in [3.63, 3.8) is 0 Å². The van der Waals surface area contributed by atoms with Gasteiger partial charge in [-0.1, -0.05) is 54.1 Å². The lowest BCUT2D eigenvalue weighted by atomic mass is 9.94. The first-order chi connectivity index (χ1) is 6.36. The summed E-state index contributed by atoms with van der Waals surface area (Å²) < 4.78 is 0. The molecule has 1 aromatic rings. The zero-order valence-electron chi connectivity index (χ0n) is 7.90. The van der Waals surface area contributed by atoms with Crippen molar-refractivity contribution in [2.75, 3.05) is 0 Å². The van der Waals surface area contributed by atoms with Gasteiger partial charge in [-0.15, -0.1) is 0 Å². The van der Waals surface area contributed by atoms with Crippen LogP contribution in [0.4, 0.5) is 0 Å². The molecule has 0 nitrogen and oxygen atoms in total. The Morgan fingerprint density at radius 2 is 1.62 bits per heavy atom. The number of allylic oxidation sites excluding steroid dienone is 4. The molecule has 0 spiro atoms. The number of aryl methyl sites for hydroxylation is 1. The van der Waals surface area contributed by atoms with E-state index in [-0.39, 0.29) is 0 Å². The average Bonchev–Trinajstić information content (AvgIpc) is 2.20. The van der Waals surface area contributed by atoms with Crippen LogP contribution in [0.25, 0.3) is 0 Å². The molecule has 66 valence electrons. The summed E-state index contributed by atoms with van der Waals surface area (Å²) in [5.41, 5.74) is 2.71. The second kappa shape index (κ2) is 3.61. The molecular formula is C13H14. The summed E-state index contributed by atoms with van der Waals surface area (Å²) in [7, 11) is 0. The van der Waals surface area contributed by atoms with Crippen molar-refractivity contribution in [1.29, 1.82) is 0 Å². The van der Waals surface area contributed by atoms with Gasteiger partial charge in [-0.3, -0.25) is 0 Å². The normalized spacial score (nSPS) is 16.4. The second-order valence-electron chi connectivity index (χ2n) is 3.53. The Balaban J connectivity index is 2.25. The minimum atomic E-state index is 0.495. The van der Waals surface area contributed by atoms with E-state index >= 15 is 0 Å². The molecule has 0 aliphatic heterocycles. The molecule has 1 aliphatic rings. The van der Waals surface area contributed by atoms with Gasteiger partial charge < -0.3 is 0 Å². The SMILES string of the molecule is Cc1ccc(C2C=CCC=C2)cc1. The van der Waals surface area contributed by atoms with E-state index in [1.54, 1.807) is 0 Å². The zero-order valence-corrected chi connectivity index (χ0v) is 7.90. The van der Waals surface area contributed by atoms with E-state index in [1.807, 2.05) is 0 Å². The molecule has 0 unspecified atom stereocenters. The summed E-state index contributed by atoms with van der Waals surface area (Å²) >= 11 is 0. The van der Waals surface area contributed by atoms with Gasteiger partial charge >= 0.3 is 0 Å². The first-order valence-electron chi connectivity index (χ1n) is 4.76. The average molecular weight is 170 g/mol. The Morgan fingerprint density at radius 3 is 2.23 bits per heavy atom. The van der Waals surface area contributed by atoms with Gasteiger partial charge in [0.15, 0.2) is 0 Å². The third-order valence-corrected chi connectivity index (χ3v) is 2.42. The van der Waals surface area contributed by atoms with Crippen LogP contribution in [0.15, 0.2) is 48.6 Å². The quantitative estimate of drug-likeness (QED) is 0.565. The van der Waals surface area contributed by atoms with Gasteiger partial charge in [-0.05, 0) is 18.9 Å². The third kappa shape index (κ3) is 1.89. The summed E-state index contributed by atoms with van der Waals surface area (Å²) in [6.45, 7) is 2.12. The smallest absolute Gasteiger partial charge is 0.0198 e. The van der Waals surface area contributed by atoms with E-state index in [2.05, 4.69) is 55.5 Å². The predicted molar refractivity (Wildman–Crippen MR) is 56.8 cm³/mol. The van der Waals surface area contributed by atoms with Gasteiger partial charge in [-0.2, -0.15) is 0 Å². The molecule has 0 N–H and O–H groups in total. The standard InChI is InChI=1S/C13H14/c1-11-7-9-13(10-8-11)12-5-3-2-4-6-12/h3-10,12H,2H2,1H3. The molecule has 1 aliphatic carbocycles. The van der Waals surface area contributed by atoms with Crippen LogP contribution in [-0.2, 0) is 0 Å². The molecular weight excluding hydrogens is 156 g/mol. The summed E-state index contributed by atoms with van der Waals surface area (Å²) in [6.07, 6.45) is 10.1. The van der Waals surface area contributed by atoms with Crippen LogP contribution >= 0.6 is 0 Å². The predicted octanol–water partition coefficient (Wildman–Crippen LogP) is 3.59. The van der Waals surface area contributed by atoms with Crippen LogP contribution in [-0.4, -0.2) is 0 Å². The summed E-state index contributed by atoms with van der Waals surface area (Å²) in [5, 5.41) is 0. The zero-order chi connectivity index (χ0) is 9.10. The molecule has 13 heavy (non-hydrogen) atoms. The second-order valence-corrected chi connectivity index (χ2v) is 3.53. The summed E-state index contributed by atoms with van der Waals surface area (Å²) in [6, 6.07) is 8.76. The highest BCUT2D eigenvalue weighted by atomic mass is 14.1. The molecule has 0 saturated carbocycles. The highest BCUT2D eigenvalue weighted by Crippen LogP contribution is 2.22. The maximum Gasteiger partial charge on any atom is 0.0198 e. The minimum Gasteiger partial charge on any atom is -0.0838 e. The summed E-state index contributed by atoms with van der Waals surface area (Å²) in [4.78, 5) is 0. The Bertz CT molecular complexity index is 316. The fraction of sp³-hybridized carbons (Fsp3) is 0.231. The van der Waals surface area contributed by atoms with Crippen molar-refractivity contribution in [2.45, 2.75) is 19.3 Å². The highest BCUT2D eigenvalue weighted by Gasteiger charge is 2.04. The Morgan fingerprint density at radius 1 is 1.00 bits per heavy atom. The Hall–Kier alpha value is -1.30. The molecule has 0 saturated heterocycles. The van der Waals surface area contributed by atoms with Crippen molar-refractivity contribution < 1.29 is 0 Å². The monoisotopic (exact) mass is 170 g/mol. The molecule has 2 rings (SSSR count). The van der Waals surface area contributed by atoms with Gasteiger partial charge in [0.1, 0.15) is 0 Å². The highest BCUT2D eigenvalue weighted by molar-refractivity contribution is 5.32. The van der Waals surface area contributed by atoms with Crippen molar-refractivity contribution in [3.05, 3.63) is 59.7 Å². The van der Waals surface area contributed by atoms with E-state index < -0.39 is 0 Å². The number of hydrogen-bond acceptors (Lipinski definition) is 0. The van der Waals surface area contributed by atoms with Gasteiger partial charge in [0.2, 0.25) is 0 Å². The topological polar surface area (TPSA) is 0 Å². The van der Waals surface area contributed by atoms with Gasteiger partial charge in [0.25, 0.3) is 0 Å². The molecule has 0 aromatic heterocycles. The van der Waals surface area contributed by atoms with Crippen LogP contribution in [0.3, 0.4) is 0 Å². The fourth-order valence-corrected chi connectivity index (χ4v) is 1.60. The maximum absolute atomic E-state index is 2.27. The maximum atomic E-state index is 2.27. The van der Waals surface area contributed by atoms with Crippen LogP contribution in [0.1, 0.15) is 23.5 Å². The van der Waals surface area contributed by atoms with Gasteiger partial charge in [-0.25, -0.2) is 0 Å². The Labute approximate surface area is 79.6 Å². The molecule has 0 heteroatoms. The van der Waals surface area contributed by atoms with Crippen molar-refractivity contribution in [1.82, 2.24) is 0 Å². The number of rotatable bonds is 1. The van der Waals surface area contributed by atoms with E-state index in [0.29, 0.717) is 5.92 Å². The summed E-state index contributed by atoms with van der Waals surface area (Å²) in [5.74, 6) is 0.495. The largest absolute Gasteiger partial charge is 0.0838 e. The molecule has 0 bridgehead atoms. The van der Waals surface area contributed by atoms with E-state index in [4.69, 9.17) is 0 Å². The van der Waals surface area contributed by atoms with Crippen molar-refractivity contribution in [3.8, 4) is 0 Å². The fourth-order valence-electron chi connectivity index (χ4n) is 1.60. The van der Waals surface area contributed by atoms with E-state index in [9.17, 15) is 0 Å². The van der Waals surface area contributed by atoms with E-state index in [1.165, 1.54) is 11.1 Å². The lowest BCUT2D eigenvalue weighted by Crippen LogP contribution is -1.93. The van der Waals surface area contributed by atoms with Crippen LogP contribution in [0, 0.1) is 6.92 Å². The third-order valence-electron chi connectivity index (χ3n) is 2.42. The molecule has 0 amide bonds. The van der Waals surface area contributed by atoms with Crippen LogP contribution in [0.2, 0.25) is 0 Å². The molecule has 0 atom stereocenters. The van der Waals surface area contributed by atoms with Crippen LogP contribution < -0.4 is 0 Å². The molecule has 1 aromatic carbocycles. The van der Waals surface area contributed by atoms with E-state index in [0.717, 1.165) is 6.42 Å². The van der Waals surface area contributed by atoms with Crippen molar-refractivity contribution >= 4 is 0 Å². The number of hydrogen-bond donors (Lipinski definition) is 0. The van der Waals surface area contributed by atoms with Gasteiger partial charge in [0.05, 0.1) is 0 Å². The molecule has 0 heterocycles. The van der Waals surface area contributed by atoms with Crippen LogP contribution in [0.5, 0.6) is 0 Å². The molecule has 0 fully saturated rings. The lowest BCUT2D eigenvalue weighted by Gasteiger charge is -2.11. The van der Waals surface area contributed by atoms with Crippen molar-refractivity contribution in [2.24, 2.45) is 0 Å². The minimum absolute atomic E-state index is 0.495.